The van der Waals surface area contributed by atoms with Crippen molar-refractivity contribution in [1.29, 1.82) is 5.41 Å². The molecule has 0 aliphatic heterocycles. The molecule has 228 valence electrons. The molecule has 0 bridgehead atoms. The fourth-order valence-corrected chi connectivity index (χ4v) is 8.63. The van der Waals surface area contributed by atoms with Crippen LogP contribution >= 0.6 is 0 Å². The average molecular weight is 614 g/mol. The van der Waals surface area contributed by atoms with Gasteiger partial charge in [0.1, 0.15) is 0 Å². The van der Waals surface area contributed by atoms with Gasteiger partial charge in [0.15, 0.2) is 0 Å². The van der Waals surface area contributed by atoms with Gasteiger partial charge in [-0.2, -0.15) is 0 Å². The van der Waals surface area contributed by atoms with Gasteiger partial charge in [0, 0.05) is 17.2 Å². The molecule has 9 rings (SSSR count). The Bertz CT molecular complexity index is 2310. The molecule has 0 unspecified atom stereocenters. The van der Waals surface area contributed by atoms with Crippen molar-refractivity contribution in [2.75, 3.05) is 0 Å². The smallest absolute Gasteiger partial charge is 0.0719 e. The summed E-state index contributed by atoms with van der Waals surface area (Å²) in [5.74, 6) is 0. The summed E-state index contributed by atoms with van der Waals surface area (Å²) in [7, 11) is 0. The minimum Gasteiger partial charge on any atom is -0.308 e. The highest BCUT2D eigenvalue weighted by molar-refractivity contribution is 5.99. The Morgan fingerprint density at radius 3 is 1.38 bits per heavy atom. The fraction of sp³-hybridized carbons (Fsp3) is 0.0851. The Labute approximate surface area is 282 Å². The van der Waals surface area contributed by atoms with E-state index in [-0.39, 0.29) is 5.41 Å². The van der Waals surface area contributed by atoms with Crippen LogP contribution in [0.5, 0.6) is 0 Å². The van der Waals surface area contributed by atoms with E-state index in [1.165, 1.54) is 84.1 Å². The Morgan fingerprint density at radius 2 is 0.833 bits per heavy atom. The third-order valence-corrected chi connectivity index (χ3v) is 10.9. The number of rotatable bonds is 4. The summed E-state index contributed by atoms with van der Waals surface area (Å²) < 4.78 is 0. The van der Waals surface area contributed by atoms with Crippen molar-refractivity contribution in [3.05, 3.63) is 203 Å². The Hall–Kier alpha value is -5.79. The van der Waals surface area contributed by atoms with Crippen LogP contribution < -0.4 is 0 Å². The first-order chi connectivity index (χ1) is 23.5. The van der Waals surface area contributed by atoms with E-state index >= 15 is 0 Å². The standard InChI is InChI=1S/C47H35N/c1-46(2)40-14-6-8-16-42(40)47(43-17-9-7-15-41(43)46)39-28-27-36(29-38(39)45-37(30-48)13-10-18-44(45)47)35-25-23-34(24-26-35)33-21-19-32(20-22-33)31-11-4-3-5-12-31/h3-30,48H,1-2H3. The number of fused-ring (bicyclic) bond motifs is 9. The van der Waals surface area contributed by atoms with E-state index < -0.39 is 5.41 Å². The highest BCUT2D eigenvalue weighted by Crippen LogP contribution is 2.62. The average Bonchev–Trinajstić information content (AvgIpc) is 3.45. The summed E-state index contributed by atoms with van der Waals surface area (Å²) >= 11 is 0. The van der Waals surface area contributed by atoms with Crippen LogP contribution in [-0.2, 0) is 10.8 Å². The third-order valence-electron chi connectivity index (χ3n) is 10.9. The van der Waals surface area contributed by atoms with Crippen LogP contribution in [0.3, 0.4) is 0 Å². The zero-order valence-corrected chi connectivity index (χ0v) is 27.2. The Balaban J connectivity index is 1.19. The van der Waals surface area contributed by atoms with Crippen LogP contribution in [0.15, 0.2) is 164 Å². The Kier molecular flexibility index (Phi) is 6.29. The lowest BCUT2D eigenvalue weighted by atomic mass is 9.55. The van der Waals surface area contributed by atoms with Gasteiger partial charge in [0.05, 0.1) is 5.41 Å². The molecule has 0 radical (unpaired) electrons. The minimum absolute atomic E-state index is 0.135. The number of nitrogens with one attached hydrogen (secondary N) is 1. The molecule has 1 N–H and O–H groups in total. The number of benzene rings is 7. The molecule has 0 aromatic heterocycles. The molecule has 0 heterocycles. The van der Waals surface area contributed by atoms with Crippen molar-refractivity contribution < 1.29 is 0 Å². The predicted octanol–water partition coefficient (Wildman–Crippen LogP) is 11.7. The molecule has 48 heavy (non-hydrogen) atoms. The highest BCUT2D eigenvalue weighted by atomic mass is 14.5. The van der Waals surface area contributed by atoms with Crippen molar-refractivity contribution in [2.24, 2.45) is 0 Å². The van der Waals surface area contributed by atoms with Crippen molar-refractivity contribution in [3.63, 3.8) is 0 Å². The second kappa shape index (κ2) is 10.6. The van der Waals surface area contributed by atoms with Gasteiger partial charge in [0.2, 0.25) is 0 Å². The summed E-state index contributed by atoms with van der Waals surface area (Å²) in [5, 5.41) is 8.47. The topological polar surface area (TPSA) is 23.9 Å². The first-order valence-electron chi connectivity index (χ1n) is 16.8. The van der Waals surface area contributed by atoms with Gasteiger partial charge < -0.3 is 5.41 Å². The molecular formula is C47H35N. The zero-order chi connectivity index (χ0) is 32.5. The van der Waals surface area contributed by atoms with Crippen LogP contribution in [-0.4, -0.2) is 6.21 Å². The van der Waals surface area contributed by atoms with Crippen molar-refractivity contribution >= 4 is 6.21 Å². The lowest BCUT2D eigenvalue weighted by Crippen LogP contribution is -2.40. The molecule has 0 fully saturated rings. The molecule has 1 heteroatoms. The van der Waals surface area contributed by atoms with E-state index in [9.17, 15) is 0 Å². The summed E-state index contributed by atoms with van der Waals surface area (Å²) in [6, 6.07) is 59.9. The van der Waals surface area contributed by atoms with E-state index in [1.54, 1.807) is 0 Å². The van der Waals surface area contributed by atoms with Gasteiger partial charge in [-0.25, -0.2) is 0 Å². The van der Waals surface area contributed by atoms with Gasteiger partial charge >= 0.3 is 0 Å². The molecular weight excluding hydrogens is 579 g/mol. The molecule has 7 aromatic rings. The molecule has 0 amide bonds. The van der Waals surface area contributed by atoms with Crippen LogP contribution in [0, 0.1) is 5.41 Å². The molecule has 0 saturated carbocycles. The summed E-state index contributed by atoms with van der Waals surface area (Å²) in [6.45, 7) is 4.71. The van der Waals surface area contributed by atoms with Gasteiger partial charge in [-0.15, -0.1) is 0 Å². The third kappa shape index (κ3) is 3.94. The van der Waals surface area contributed by atoms with Crippen molar-refractivity contribution in [1.82, 2.24) is 0 Å². The fourth-order valence-electron chi connectivity index (χ4n) is 8.63. The minimum atomic E-state index is -0.458. The zero-order valence-electron chi connectivity index (χ0n) is 27.2. The molecule has 1 spiro atoms. The maximum absolute atomic E-state index is 8.47. The largest absolute Gasteiger partial charge is 0.308 e. The normalized spacial score (nSPS) is 14.5. The lowest BCUT2D eigenvalue weighted by molar-refractivity contribution is 0.563. The van der Waals surface area contributed by atoms with Gasteiger partial charge in [-0.05, 0) is 84.0 Å². The molecule has 0 saturated heterocycles. The summed E-state index contributed by atoms with van der Waals surface area (Å²) in [6.07, 6.45) is 1.52. The van der Waals surface area contributed by atoms with Crippen LogP contribution in [0.1, 0.15) is 52.8 Å². The second-order valence-electron chi connectivity index (χ2n) is 13.7. The second-order valence-corrected chi connectivity index (χ2v) is 13.7. The highest BCUT2D eigenvalue weighted by Gasteiger charge is 2.53. The maximum Gasteiger partial charge on any atom is 0.0719 e. The number of hydrogen-bond acceptors (Lipinski definition) is 1. The van der Waals surface area contributed by atoms with E-state index in [2.05, 4.69) is 178 Å². The first-order valence-corrected chi connectivity index (χ1v) is 16.8. The van der Waals surface area contributed by atoms with Crippen LogP contribution in [0.2, 0.25) is 0 Å². The molecule has 2 aliphatic carbocycles. The van der Waals surface area contributed by atoms with Crippen LogP contribution in [0.25, 0.3) is 44.5 Å². The van der Waals surface area contributed by atoms with E-state index in [0.29, 0.717) is 0 Å². The first kappa shape index (κ1) is 28.4. The summed E-state index contributed by atoms with van der Waals surface area (Å²) in [4.78, 5) is 0. The lowest BCUT2D eigenvalue weighted by Gasteiger charge is -2.46. The molecule has 1 nitrogen and oxygen atoms in total. The van der Waals surface area contributed by atoms with E-state index in [0.717, 1.165) is 5.56 Å². The summed E-state index contributed by atoms with van der Waals surface area (Å²) in [5.41, 5.74) is 17.9. The maximum atomic E-state index is 8.47. The van der Waals surface area contributed by atoms with Crippen molar-refractivity contribution in [3.8, 4) is 44.5 Å². The quantitative estimate of drug-likeness (QED) is 0.191. The molecule has 0 atom stereocenters. The molecule has 7 aromatic carbocycles. The van der Waals surface area contributed by atoms with Gasteiger partial charge in [0.25, 0.3) is 0 Å². The van der Waals surface area contributed by atoms with Gasteiger partial charge in [-0.1, -0.05) is 172 Å². The number of hydrogen-bond donors (Lipinski definition) is 1. The van der Waals surface area contributed by atoms with E-state index in [1.807, 2.05) is 0 Å². The van der Waals surface area contributed by atoms with Crippen molar-refractivity contribution in [2.45, 2.75) is 24.7 Å². The SMILES string of the molecule is CC1(C)c2ccccc2C2(c3ccc(-c4ccc(-c5ccc(-c6ccccc6)cc5)cc4)cc3-c3c(C=N)cccc32)c2ccccc21. The monoisotopic (exact) mass is 613 g/mol. The molecule has 2 aliphatic rings. The Morgan fingerprint density at radius 1 is 0.396 bits per heavy atom. The van der Waals surface area contributed by atoms with Gasteiger partial charge in [-0.3, -0.25) is 0 Å². The predicted molar refractivity (Wildman–Crippen MR) is 200 cm³/mol. The van der Waals surface area contributed by atoms with E-state index in [4.69, 9.17) is 5.41 Å². The van der Waals surface area contributed by atoms with Crippen LogP contribution in [0.4, 0.5) is 0 Å².